The molecule has 0 unspecified atom stereocenters. The molecular weight excluding hydrogens is 332 g/mol. The first-order valence-corrected chi connectivity index (χ1v) is 9.04. The van der Waals surface area contributed by atoms with Crippen molar-refractivity contribution in [3.8, 4) is 0 Å². The fourth-order valence-electron chi connectivity index (χ4n) is 3.92. The van der Waals surface area contributed by atoms with Crippen LogP contribution in [0.1, 0.15) is 47.3 Å². The van der Waals surface area contributed by atoms with Crippen LogP contribution in [0.3, 0.4) is 0 Å². The largest absolute Gasteiger partial charge is 0.480 e. The van der Waals surface area contributed by atoms with Crippen LogP contribution in [0.2, 0.25) is 0 Å². The van der Waals surface area contributed by atoms with Crippen molar-refractivity contribution < 1.29 is 19.4 Å². The summed E-state index contributed by atoms with van der Waals surface area (Å²) < 4.78 is 7.37. The molecule has 1 amide bonds. The Morgan fingerprint density at radius 3 is 2.58 bits per heavy atom. The number of rotatable bonds is 6. The Morgan fingerprint density at radius 1 is 1.27 bits per heavy atom. The highest BCUT2D eigenvalue weighted by Gasteiger charge is 2.42. The van der Waals surface area contributed by atoms with E-state index in [-0.39, 0.29) is 5.91 Å². The number of fused-ring (bicyclic) bond motifs is 1. The summed E-state index contributed by atoms with van der Waals surface area (Å²) in [4.78, 5) is 24.4. The van der Waals surface area contributed by atoms with Crippen molar-refractivity contribution in [3.63, 3.8) is 0 Å². The standard InChI is InChI=1S/C20H26N2O4/c1-13-14(2)22(10-11-26-3)17-7-6-15(12-16(13)17)18(23)21-20(19(24)25)8-4-5-9-20/h6-7,12H,4-5,8-11H2,1-3H3,(H,21,23)(H,24,25). The molecule has 1 fully saturated rings. The molecule has 1 aliphatic rings. The average molecular weight is 358 g/mol. The maximum atomic E-state index is 12.7. The van der Waals surface area contributed by atoms with E-state index in [4.69, 9.17) is 4.74 Å². The van der Waals surface area contributed by atoms with E-state index in [2.05, 4.69) is 16.8 Å². The lowest BCUT2D eigenvalue weighted by molar-refractivity contribution is -0.144. The van der Waals surface area contributed by atoms with Gasteiger partial charge in [-0.05, 0) is 50.5 Å². The van der Waals surface area contributed by atoms with Gasteiger partial charge in [-0.25, -0.2) is 4.79 Å². The predicted octanol–water partition coefficient (Wildman–Crippen LogP) is 3.03. The Balaban J connectivity index is 1.92. The molecule has 6 nitrogen and oxygen atoms in total. The maximum Gasteiger partial charge on any atom is 0.329 e. The van der Waals surface area contributed by atoms with Gasteiger partial charge >= 0.3 is 5.97 Å². The van der Waals surface area contributed by atoms with Crippen molar-refractivity contribution >= 4 is 22.8 Å². The molecule has 1 aromatic heterocycles. The molecule has 2 aromatic rings. The van der Waals surface area contributed by atoms with Gasteiger partial charge in [0.05, 0.1) is 6.61 Å². The van der Waals surface area contributed by atoms with Gasteiger partial charge in [0.1, 0.15) is 5.54 Å². The van der Waals surface area contributed by atoms with E-state index in [1.165, 1.54) is 0 Å². The number of hydrogen-bond donors (Lipinski definition) is 2. The second kappa shape index (κ2) is 7.11. The Morgan fingerprint density at radius 2 is 1.96 bits per heavy atom. The second-order valence-corrected chi connectivity index (χ2v) is 7.14. The van der Waals surface area contributed by atoms with Gasteiger partial charge in [-0.1, -0.05) is 12.8 Å². The lowest BCUT2D eigenvalue weighted by Gasteiger charge is -2.25. The minimum absolute atomic E-state index is 0.321. The molecule has 0 atom stereocenters. The molecule has 26 heavy (non-hydrogen) atoms. The average Bonchev–Trinajstić information content (AvgIpc) is 3.19. The number of hydrogen-bond acceptors (Lipinski definition) is 3. The summed E-state index contributed by atoms with van der Waals surface area (Å²) >= 11 is 0. The van der Waals surface area contributed by atoms with E-state index in [1.807, 2.05) is 19.1 Å². The number of carboxylic acids is 1. The Labute approximate surface area is 153 Å². The zero-order chi connectivity index (χ0) is 18.9. The lowest BCUT2D eigenvalue weighted by atomic mass is 9.97. The Kier molecular flexibility index (Phi) is 5.05. The van der Waals surface area contributed by atoms with Crippen LogP contribution in [0.4, 0.5) is 0 Å². The molecule has 140 valence electrons. The predicted molar refractivity (Wildman–Crippen MR) is 99.6 cm³/mol. The number of amides is 1. The van der Waals surface area contributed by atoms with Gasteiger partial charge < -0.3 is 19.7 Å². The molecule has 0 saturated heterocycles. The lowest BCUT2D eigenvalue weighted by Crippen LogP contribution is -2.52. The smallest absolute Gasteiger partial charge is 0.329 e. The van der Waals surface area contributed by atoms with Gasteiger partial charge in [0.25, 0.3) is 5.91 Å². The zero-order valence-corrected chi connectivity index (χ0v) is 15.6. The van der Waals surface area contributed by atoms with Gasteiger partial charge in [-0.2, -0.15) is 0 Å². The number of aryl methyl sites for hydroxylation is 1. The molecule has 0 radical (unpaired) electrons. The summed E-state index contributed by atoms with van der Waals surface area (Å²) in [5.74, 6) is -1.26. The molecule has 1 aromatic carbocycles. The van der Waals surface area contributed by atoms with Crippen LogP contribution in [-0.2, 0) is 16.1 Å². The van der Waals surface area contributed by atoms with Gasteiger partial charge in [-0.15, -0.1) is 0 Å². The van der Waals surface area contributed by atoms with E-state index >= 15 is 0 Å². The third-order valence-corrected chi connectivity index (χ3v) is 5.64. The van der Waals surface area contributed by atoms with Crippen molar-refractivity contribution in [2.24, 2.45) is 0 Å². The molecule has 0 aliphatic heterocycles. The monoisotopic (exact) mass is 358 g/mol. The van der Waals surface area contributed by atoms with Crippen LogP contribution in [0.15, 0.2) is 18.2 Å². The number of ether oxygens (including phenoxy) is 1. The van der Waals surface area contributed by atoms with Crippen molar-refractivity contribution in [2.45, 2.75) is 51.6 Å². The Bertz CT molecular complexity index is 847. The first-order chi connectivity index (χ1) is 12.4. The first kappa shape index (κ1) is 18.5. The summed E-state index contributed by atoms with van der Waals surface area (Å²) in [7, 11) is 1.68. The number of methoxy groups -OCH3 is 1. The van der Waals surface area contributed by atoms with E-state index in [1.54, 1.807) is 13.2 Å². The number of nitrogens with one attached hydrogen (secondary N) is 1. The van der Waals surface area contributed by atoms with Gasteiger partial charge in [-0.3, -0.25) is 4.79 Å². The van der Waals surface area contributed by atoms with E-state index < -0.39 is 11.5 Å². The van der Waals surface area contributed by atoms with Crippen molar-refractivity contribution in [1.82, 2.24) is 9.88 Å². The summed E-state index contributed by atoms with van der Waals surface area (Å²) in [6.45, 7) is 5.47. The fraction of sp³-hybridized carbons (Fsp3) is 0.500. The summed E-state index contributed by atoms with van der Waals surface area (Å²) in [6.07, 6.45) is 2.63. The summed E-state index contributed by atoms with van der Waals surface area (Å²) in [5, 5.41) is 13.4. The van der Waals surface area contributed by atoms with E-state index in [0.29, 0.717) is 25.0 Å². The van der Waals surface area contributed by atoms with Crippen LogP contribution < -0.4 is 5.32 Å². The van der Waals surface area contributed by atoms with Gasteiger partial charge in [0.2, 0.25) is 0 Å². The zero-order valence-electron chi connectivity index (χ0n) is 15.6. The third kappa shape index (κ3) is 3.09. The highest BCUT2D eigenvalue weighted by Crippen LogP contribution is 2.31. The SMILES string of the molecule is COCCn1c(C)c(C)c2cc(C(=O)NC3(C(=O)O)CCCC3)ccc21. The molecule has 0 bridgehead atoms. The van der Waals surface area contributed by atoms with Crippen molar-refractivity contribution in [2.75, 3.05) is 13.7 Å². The molecular formula is C20H26N2O4. The molecule has 1 heterocycles. The fourth-order valence-corrected chi connectivity index (χ4v) is 3.92. The highest BCUT2D eigenvalue weighted by atomic mass is 16.5. The number of carboxylic acid groups (broad SMARTS) is 1. The number of benzene rings is 1. The Hall–Kier alpha value is -2.34. The quantitative estimate of drug-likeness (QED) is 0.832. The van der Waals surface area contributed by atoms with Crippen LogP contribution in [0.25, 0.3) is 10.9 Å². The van der Waals surface area contributed by atoms with Crippen LogP contribution in [-0.4, -0.2) is 40.8 Å². The van der Waals surface area contributed by atoms with E-state index in [9.17, 15) is 14.7 Å². The van der Waals surface area contributed by atoms with Crippen molar-refractivity contribution in [1.29, 1.82) is 0 Å². The third-order valence-electron chi connectivity index (χ3n) is 5.64. The summed E-state index contributed by atoms with van der Waals surface area (Å²) in [5.41, 5.74) is 2.70. The second-order valence-electron chi connectivity index (χ2n) is 7.14. The molecule has 0 spiro atoms. The number of carbonyl (C=O) groups excluding carboxylic acids is 1. The summed E-state index contributed by atoms with van der Waals surface area (Å²) in [6, 6.07) is 5.56. The minimum atomic E-state index is -1.12. The minimum Gasteiger partial charge on any atom is -0.480 e. The number of nitrogens with zero attached hydrogens (tertiary/aromatic N) is 1. The normalized spacial score (nSPS) is 16.1. The number of aromatic nitrogens is 1. The molecule has 2 N–H and O–H groups in total. The number of aliphatic carboxylic acids is 1. The van der Waals surface area contributed by atoms with Crippen LogP contribution >= 0.6 is 0 Å². The maximum absolute atomic E-state index is 12.7. The number of carbonyl (C=O) groups is 2. The van der Waals surface area contributed by atoms with Crippen molar-refractivity contribution in [3.05, 3.63) is 35.0 Å². The molecule has 6 heteroatoms. The highest BCUT2D eigenvalue weighted by molar-refractivity contribution is 6.01. The first-order valence-electron chi connectivity index (χ1n) is 9.04. The van der Waals surface area contributed by atoms with E-state index in [0.717, 1.165) is 41.5 Å². The van der Waals surface area contributed by atoms with Crippen LogP contribution in [0, 0.1) is 13.8 Å². The molecule has 1 saturated carbocycles. The van der Waals surface area contributed by atoms with Crippen LogP contribution in [0.5, 0.6) is 0 Å². The van der Waals surface area contributed by atoms with Gasteiger partial charge in [0, 0.05) is 35.8 Å². The topological polar surface area (TPSA) is 80.6 Å². The molecule has 3 rings (SSSR count). The van der Waals surface area contributed by atoms with Gasteiger partial charge in [0.15, 0.2) is 0 Å². The molecule has 1 aliphatic carbocycles.